The molecule has 1 heterocycles. The van der Waals surface area contributed by atoms with Crippen LogP contribution in [0.1, 0.15) is 6.92 Å². The van der Waals surface area contributed by atoms with Crippen LogP contribution in [0.25, 0.3) is 22.3 Å². The van der Waals surface area contributed by atoms with E-state index in [2.05, 4.69) is 0 Å². The molecule has 0 aliphatic rings. The van der Waals surface area contributed by atoms with Crippen LogP contribution in [-0.2, 0) is 4.79 Å². The first-order valence-electron chi connectivity index (χ1n) is 8.83. The molecule has 0 atom stereocenters. The van der Waals surface area contributed by atoms with Gasteiger partial charge in [0, 0.05) is 24.6 Å². The number of carbonyl (C=O) groups excluding carboxylic acids is 1. The summed E-state index contributed by atoms with van der Waals surface area (Å²) in [6.45, 7) is 1.23. The quantitative estimate of drug-likeness (QED) is 0.396. The average Bonchev–Trinajstić information content (AvgIpc) is 2.71. The van der Waals surface area contributed by atoms with Crippen LogP contribution in [0.5, 0.6) is 23.0 Å². The van der Waals surface area contributed by atoms with Gasteiger partial charge in [0.1, 0.15) is 22.5 Å². The number of phenols is 1. The first-order valence-corrected chi connectivity index (χ1v) is 8.83. The van der Waals surface area contributed by atoms with Crippen LogP contribution >= 0.6 is 0 Å². The number of fused-ring (bicyclic) bond motifs is 1. The van der Waals surface area contributed by atoms with E-state index in [4.69, 9.17) is 13.9 Å². The van der Waals surface area contributed by atoms with Crippen LogP contribution < -0.4 is 14.9 Å². The highest BCUT2D eigenvalue weighted by Crippen LogP contribution is 2.44. The summed E-state index contributed by atoms with van der Waals surface area (Å²) in [4.78, 5) is 24.3. The van der Waals surface area contributed by atoms with Gasteiger partial charge < -0.3 is 19.0 Å². The van der Waals surface area contributed by atoms with Crippen LogP contribution in [0, 0.1) is 0 Å². The zero-order chi connectivity index (χ0) is 20.4. The standard InChI is InChI=1S/C23H16O6/c1-14(24)27-20-13-19-21(22(26)23(20)28-16-10-6-3-7-11-16)17(25)12-18(29-19)15-8-4-2-5-9-15/h2-13,26H,1H3. The highest BCUT2D eigenvalue weighted by Gasteiger charge is 2.22. The van der Waals surface area contributed by atoms with E-state index in [-0.39, 0.29) is 22.5 Å². The molecule has 6 nitrogen and oxygen atoms in total. The molecule has 0 amide bonds. The molecule has 29 heavy (non-hydrogen) atoms. The molecule has 0 fully saturated rings. The fraction of sp³-hybridized carbons (Fsp3) is 0.0435. The molecule has 0 saturated carbocycles. The van der Waals surface area contributed by atoms with Gasteiger partial charge in [-0.05, 0) is 12.1 Å². The van der Waals surface area contributed by atoms with E-state index in [1.54, 1.807) is 42.5 Å². The van der Waals surface area contributed by atoms with Crippen molar-refractivity contribution in [2.45, 2.75) is 6.92 Å². The van der Waals surface area contributed by atoms with Gasteiger partial charge in [0.05, 0.1) is 0 Å². The second-order valence-corrected chi connectivity index (χ2v) is 6.28. The minimum atomic E-state index is -0.608. The third-order valence-corrected chi connectivity index (χ3v) is 4.19. The Morgan fingerprint density at radius 2 is 1.62 bits per heavy atom. The summed E-state index contributed by atoms with van der Waals surface area (Å²) in [7, 11) is 0. The van der Waals surface area contributed by atoms with Gasteiger partial charge in [-0.15, -0.1) is 0 Å². The van der Waals surface area contributed by atoms with Crippen LogP contribution in [0.2, 0.25) is 0 Å². The molecule has 0 spiro atoms. The van der Waals surface area contributed by atoms with E-state index in [0.29, 0.717) is 17.1 Å². The summed E-state index contributed by atoms with van der Waals surface area (Å²) in [6.07, 6.45) is 0. The molecule has 4 aromatic rings. The molecule has 0 radical (unpaired) electrons. The lowest BCUT2D eigenvalue weighted by molar-refractivity contribution is -0.131. The zero-order valence-corrected chi connectivity index (χ0v) is 15.4. The second kappa shape index (κ2) is 7.52. The summed E-state index contributed by atoms with van der Waals surface area (Å²) in [5, 5.41) is 10.7. The number of carbonyl (C=O) groups is 1. The van der Waals surface area contributed by atoms with E-state index >= 15 is 0 Å². The van der Waals surface area contributed by atoms with Crippen molar-refractivity contribution in [2.24, 2.45) is 0 Å². The Hall–Kier alpha value is -4.06. The van der Waals surface area contributed by atoms with E-state index < -0.39 is 17.1 Å². The Labute approximate surface area is 165 Å². The first-order chi connectivity index (χ1) is 14.0. The SMILES string of the molecule is CC(=O)Oc1cc2oc(-c3ccccc3)cc(=O)c2c(O)c1Oc1ccccc1. The van der Waals surface area contributed by atoms with Gasteiger partial charge >= 0.3 is 5.97 Å². The van der Waals surface area contributed by atoms with Crippen molar-refractivity contribution < 1.29 is 23.8 Å². The molecule has 6 heteroatoms. The number of hydrogen-bond acceptors (Lipinski definition) is 6. The van der Waals surface area contributed by atoms with E-state index in [1.807, 2.05) is 18.2 Å². The average molecular weight is 388 g/mol. The van der Waals surface area contributed by atoms with Crippen molar-refractivity contribution >= 4 is 16.9 Å². The molecule has 1 aromatic heterocycles. The smallest absolute Gasteiger partial charge is 0.308 e. The van der Waals surface area contributed by atoms with Crippen molar-refractivity contribution in [3.63, 3.8) is 0 Å². The number of rotatable bonds is 4. The van der Waals surface area contributed by atoms with Gasteiger partial charge in [0.2, 0.25) is 5.75 Å². The van der Waals surface area contributed by atoms with E-state index in [0.717, 1.165) is 0 Å². The van der Waals surface area contributed by atoms with Gasteiger partial charge in [0.15, 0.2) is 16.9 Å². The normalized spacial score (nSPS) is 10.7. The molecule has 0 saturated heterocycles. The number of esters is 1. The summed E-state index contributed by atoms with van der Waals surface area (Å²) in [5.41, 5.74) is 0.324. The summed E-state index contributed by atoms with van der Waals surface area (Å²) < 4.78 is 16.7. The summed E-state index contributed by atoms with van der Waals surface area (Å²) in [6, 6.07) is 20.4. The molecule has 0 aliphatic heterocycles. The van der Waals surface area contributed by atoms with Gasteiger partial charge in [-0.1, -0.05) is 48.5 Å². The van der Waals surface area contributed by atoms with Crippen molar-refractivity contribution in [3.8, 4) is 34.3 Å². The predicted octanol–water partition coefficient (Wildman–Crippen LogP) is 4.88. The zero-order valence-electron chi connectivity index (χ0n) is 15.4. The maximum Gasteiger partial charge on any atom is 0.308 e. The molecule has 0 unspecified atom stereocenters. The van der Waals surface area contributed by atoms with Crippen LogP contribution in [0.15, 0.2) is 82.0 Å². The third-order valence-electron chi connectivity index (χ3n) is 4.19. The summed E-state index contributed by atoms with van der Waals surface area (Å²) in [5.74, 6) is -0.536. The first kappa shape index (κ1) is 18.3. The Morgan fingerprint density at radius 3 is 2.28 bits per heavy atom. The van der Waals surface area contributed by atoms with Crippen LogP contribution in [0.3, 0.4) is 0 Å². The maximum absolute atomic E-state index is 12.7. The molecular weight excluding hydrogens is 372 g/mol. The van der Waals surface area contributed by atoms with Crippen molar-refractivity contribution in [1.82, 2.24) is 0 Å². The lowest BCUT2D eigenvalue weighted by atomic mass is 10.1. The minimum absolute atomic E-state index is 0.0558. The minimum Gasteiger partial charge on any atom is -0.504 e. The van der Waals surface area contributed by atoms with Gasteiger partial charge in [-0.2, -0.15) is 0 Å². The maximum atomic E-state index is 12.7. The highest BCUT2D eigenvalue weighted by atomic mass is 16.6. The highest BCUT2D eigenvalue weighted by molar-refractivity contribution is 5.90. The molecule has 3 aromatic carbocycles. The van der Waals surface area contributed by atoms with Crippen molar-refractivity contribution in [2.75, 3.05) is 0 Å². The molecular formula is C23H16O6. The number of phenolic OH excluding ortho intramolecular Hbond substituents is 1. The number of hydrogen-bond donors (Lipinski definition) is 1. The third kappa shape index (κ3) is 3.68. The topological polar surface area (TPSA) is 86.0 Å². The van der Waals surface area contributed by atoms with E-state index in [9.17, 15) is 14.7 Å². The van der Waals surface area contributed by atoms with Gasteiger partial charge in [-0.25, -0.2) is 0 Å². The Morgan fingerprint density at radius 1 is 0.966 bits per heavy atom. The fourth-order valence-corrected chi connectivity index (χ4v) is 2.94. The monoisotopic (exact) mass is 388 g/mol. The number of para-hydroxylation sites is 1. The molecule has 144 valence electrons. The van der Waals surface area contributed by atoms with E-state index in [1.165, 1.54) is 19.1 Å². The number of aromatic hydroxyl groups is 1. The second-order valence-electron chi connectivity index (χ2n) is 6.28. The molecule has 1 N–H and O–H groups in total. The number of ether oxygens (including phenoxy) is 2. The largest absolute Gasteiger partial charge is 0.504 e. The van der Waals surface area contributed by atoms with Crippen LogP contribution in [0.4, 0.5) is 0 Å². The Kier molecular flexibility index (Phi) is 4.75. The van der Waals surface area contributed by atoms with Crippen LogP contribution in [-0.4, -0.2) is 11.1 Å². The Bertz CT molecular complexity index is 1240. The predicted molar refractivity (Wildman–Crippen MR) is 107 cm³/mol. The molecule has 0 aliphatic carbocycles. The lowest BCUT2D eigenvalue weighted by Crippen LogP contribution is -2.06. The fourth-order valence-electron chi connectivity index (χ4n) is 2.94. The number of benzene rings is 3. The molecule has 4 rings (SSSR count). The molecule has 0 bridgehead atoms. The van der Waals surface area contributed by atoms with Crippen molar-refractivity contribution in [1.29, 1.82) is 0 Å². The Balaban J connectivity index is 1.93. The van der Waals surface area contributed by atoms with Gasteiger partial charge in [-0.3, -0.25) is 9.59 Å². The lowest BCUT2D eigenvalue weighted by Gasteiger charge is -2.14. The van der Waals surface area contributed by atoms with Crippen molar-refractivity contribution in [3.05, 3.63) is 83.0 Å². The van der Waals surface area contributed by atoms with Gasteiger partial charge in [0.25, 0.3) is 0 Å². The summed E-state index contributed by atoms with van der Waals surface area (Å²) >= 11 is 0.